The zero-order chi connectivity index (χ0) is 12.4. The average molecular weight is 256 g/mol. The Morgan fingerprint density at radius 1 is 1.65 bits per heavy atom. The molecule has 2 unspecified atom stereocenters. The zero-order valence-corrected chi connectivity index (χ0v) is 10.9. The number of nitrogens with one attached hydrogen (secondary N) is 2. The smallest absolute Gasteiger partial charge is 0.268 e. The molecule has 1 saturated heterocycles. The highest BCUT2D eigenvalue weighted by molar-refractivity contribution is 6.31. The van der Waals surface area contributed by atoms with Crippen LogP contribution in [0.5, 0.6) is 0 Å². The van der Waals surface area contributed by atoms with Gasteiger partial charge in [0.2, 0.25) is 0 Å². The Kier molecular flexibility index (Phi) is 3.74. The fourth-order valence-electron chi connectivity index (χ4n) is 2.22. The van der Waals surface area contributed by atoms with E-state index in [2.05, 4.69) is 17.6 Å². The largest absolute Gasteiger partial charge is 0.348 e. The highest BCUT2D eigenvalue weighted by Gasteiger charge is 2.23. The summed E-state index contributed by atoms with van der Waals surface area (Å²) >= 11 is 5.87. The van der Waals surface area contributed by atoms with E-state index in [1.807, 2.05) is 7.05 Å². The summed E-state index contributed by atoms with van der Waals surface area (Å²) in [5.41, 5.74) is 0.612. The van der Waals surface area contributed by atoms with Crippen molar-refractivity contribution in [2.24, 2.45) is 13.0 Å². The molecule has 2 atom stereocenters. The first-order valence-corrected chi connectivity index (χ1v) is 6.29. The molecule has 1 aromatic rings. The van der Waals surface area contributed by atoms with Crippen molar-refractivity contribution in [3.05, 3.63) is 23.0 Å². The Morgan fingerprint density at radius 3 is 3.00 bits per heavy atom. The van der Waals surface area contributed by atoms with E-state index in [-0.39, 0.29) is 11.9 Å². The second-order valence-electron chi connectivity index (χ2n) is 4.70. The molecule has 2 N–H and O–H groups in total. The number of piperidine rings is 1. The Labute approximate surface area is 106 Å². The van der Waals surface area contributed by atoms with E-state index in [4.69, 9.17) is 11.6 Å². The van der Waals surface area contributed by atoms with Crippen LogP contribution in [-0.4, -0.2) is 29.6 Å². The molecule has 5 heteroatoms. The van der Waals surface area contributed by atoms with Gasteiger partial charge in [0.15, 0.2) is 0 Å². The molecule has 1 aromatic heterocycles. The summed E-state index contributed by atoms with van der Waals surface area (Å²) in [4.78, 5) is 12.1. The summed E-state index contributed by atoms with van der Waals surface area (Å²) in [6, 6.07) is 1.94. The highest BCUT2D eigenvalue weighted by Crippen LogP contribution is 2.15. The minimum Gasteiger partial charge on any atom is -0.348 e. The van der Waals surface area contributed by atoms with Crippen LogP contribution < -0.4 is 10.6 Å². The monoisotopic (exact) mass is 255 g/mol. The van der Waals surface area contributed by atoms with Gasteiger partial charge in [0, 0.05) is 19.3 Å². The second kappa shape index (κ2) is 5.10. The minimum absolute atomic E-state index is 0.0434. The molecule has 0 bridgehead atoms. The summed E-state index contributed by atoms with van der Waals surface area (Å²) < 4.78 is 1.75. The average Bonchev–Trinajstić information content (AvgIpc) is 2.61. The number of hydrogen-bond acceptors (Lipinski definition) is 2. The molecule has 2 heterocycles. The van der Waals surface area contributed by atoms with E-state index in [0.29, 0.717) is 16.6 Å². The number of aryl methyl sites for hydroxylation is 1. The molecule has 4 nitrogen and oxygen atoms in total. The number of carbonyl (C=O) groups is 1. The predicted octanol–water partition coefficient (Wildman–Crippen LogP) is 1.41. The summed E-state index contributed by atoms with van der Waals surface area (Å²) in [5, 5.41) is 6.99. The number of carbonyl (C=O) groups excluding carboxylic acids is 1. The standard InChI is InChI=1S/C12H18ClN3O/c1-8-6-14-4-3-10(8)15-12(17)11-5-9(13)7-16(11)2/h5,7-8,10,14H,3-4,6H2,1-2H3,(H,15,17). The quantitative estimate of drug-likeness (QED) is 0.839. The zero-order valence-electron chi connectivity index (χ0n) is 10.2. The molecule has 0 saturated carbocycles. The first kappa shape index (κ1) is 12.5. The predicted molar refractivity (Wildman–Crippen MR) is 68.3 cm³/mol. The molecular weight excluding hydrogens is 238 g/mol. The lowest BCUT2D eigenvalue weighted by Crippen LogP contribution is -2.48. The van der Waals surface area contributed by atoms with Crippen LogP contribution in [0.3, 0.4) is 0 Å². The maximum atomic E-state index is 12.1. The molecule has 1 amide bonds. The number of nitrogens with zero attached hydrogens (tertiary/aromatic N) is 1. The van der Waals surface area contributed by atoms with Gasteiger partial charge in [-0.3, -0.25) is 4.79 Å². The van der Waals surface area contributed by atoms with Crippen molar-refractivity contribution in [3.63, 3.8) is 0 Å². The molecule has 0 aliphatic carbocycles. The van der Waals surface area contributed by atoms with Gasteiger partial charge in [0.1, 0.15) is 5.69 Å². The summed E-state index contributed by atoms with van der Waals surface area (Å²) in [6.45, 7) is 4.07. The van der Waals surface area contributed by atoms with Gasteiger partial charge in [-0.05, 0) is 31.5 Å². The molecule has 1 aliphatic rings. The van der Waals surface area contributed by atoms with E-state index < -0.39 is 0 Å². The van der Waals surface area contributed by atoms with Crippen LogP contribution in [-0.2, 0) is 7.05 Å². The van der Waals surface area contributed by atoms with Crippen LogP contribution in [0, 0.1) is 5.92 Å². The van der Waals surface area contributed by atoms with E-state index >= 15 is 0 Å². The van der Waals surface area contributed by atoms with Crippen LogP contribution >= 0.6 is 11.6 Å². The van der Waals surface area contributed by atoms with Crippen molar-refractivity contribution < 1.29 is 4.79 Å². The maximum Gasteiger partial charge on any atom is 0.268 e. The molecule has 17 heavy (non-hydrogen) atoms. The first-order chi connectivity index (χ1) is 8.08. The second-order valence-corrected chi connectivity index (χ2v) is 5.14. The molecule has 0 spiro atoms. The van der Waals surface area contributed by atoms with E-state index in [0.717, 1.165) is 19.5 Å². The molecule has 0 aromatic carbocycles. The van der Waals surface area contributed by atoms with Gasteiger partial charge >= 0.3 is 0 Å². The summed E-state index contributed by atoms with van der Waals surface area (Å²) in [6.07, 6.45) is 2.72. The number of aromatic nitrogens is 1. The van der Waals surface area contributed by atoms with Crippen molar-refractivity contribution >= 4 is 17.5 Å². The van der Waals surface area contributed by atoms with Crippen LogP contribution in [0.15, 0.2) is 12.3 Å². The maximum absolute atomic E-state index is 12.1. The van der Waals surface area contributed by atoms with Gasteiger partial charge in [-0.25, -0.2) is 0 Å². The number of amides is 1. The molecule has 1 aliphatic heterocycles. The van der Waals surface area contributed by atoms with E-state index in [1.165, 1.54) is 0 Å². The van der Waals surface area contributed by atoms with Crippen LogP contribution in [0.4, 0.5) is 0 Å². The van der Waals surface area contributed by atoms with Gasteiger partial charge in [-0.2, -0.15) is 0 Å². The number of rotatable bonds is 2. The third-order valence-corrected chi connectivity index (χ3v) is 3.51. The van der Waals surface area contributed by atoms with Crippen LogP contribution in [0.2, 0.25) is 5.02 Å². The Hall–Kier alpha value is -1.00. The van der Waals surface area contributed by atoms with E-state index in [9.17, 15) is 4.79 Å². The minimum atomic E-state index is -0.0434. The van der Waals surface area contributed by atoms with Crippen molar-refractivity contribution in [1.82, 2.24) is 15.2 Å². The molecular formula is C12H18ClN3O. The SMILES string of the molecule is CC1CNCCC1NC(=O)c1cc(Cl)cn1C. The van der Waals surface area contributed by atoms with Gasteiger partial charge in [0.25, 0.3) is 5.91 Å². The summed E-state index contributed by atoms with van der Waals surface area (Å²) in [5.74, 6) is 0.418. The van der Waals surface area contributed by atoms with E-state index in [1.54, 1.807) is 16.8 Å². The Morgan fingerprint density at radius 2 is 2.41 bits per heavy atom. The van der Waals surface area contributed by atoms with Crippen molar-refractivity contribution in [2.75, 3.05) is 13.1 Å². The van der Waals surface area contributed by atoms with Gasteiger partial charge < -0.3 is 15.2 Å². The Balaban J connectivity index is 2.03. The fourth-order valence-corrected chi connectivity index (χ4v) is 2.47. The topological polar surface area (TPSA) is 46.1 Å². The van der Waals surface area contributed by atoms with Crippen molar-refractivity contribution in [3.8, 4) is 0 Å². The Bertz CT molecular complexity index is 416. The number of hydrogen-bond donors (Lipinski definition) is 2. The van der Waals surface area contributed by atoms with Crippen molar-refractivity contribution in [1.29, 1.82) is 0 Å². The lowest BCUT2D eigenvalue weighted by atomic mass is 9.95. The van der Waals surface area contributed by atoms with Crippen LogP contribution in [0.1, 0.15) is 23.8 Å². The third-order valence-electron chi connectivity index (χ3n) is 3.31. The third kappa shape index (κ3) is 2.82. The summed E-state index contributed by atoms with van der Waals surface area (Å²) in [7, 11) is 1.83. The van der Waals surface area contributed by atoms with Gasteiger partial charge in [-0.1, -0.05) is 18.5 Å². The first-order valence-electron chi connectivity index (χ1n) is 5.91. The molecule has 94 valence electrons. The van der Waals surface area contributed by atoms with Gasteiger partial charge in [-0.15, -0.1) is 0 Å². The lowest BCUT2D eigenvalue weighted by Gasteiger charge is -2.30. The molecule has 0 radical (unpaired) electrons. The van der Waals surface area contributed by atoms with Crippen molar-refractivity contribution in [2.45, 2.75) is 19.4 Å². The fraction of sp³-hybridized carbons (Fsp3) is 0.583. The number of halogens is 1. The normalized spacial score (nSPS) is 24.6. The molecule has 2 rings (SSSR count). The highest BCUT2D eigenvalue weighted by atomic mass is 35.5. The molecule has 1 fully saturated rings. The van der Waals surface area contributed by atoms with Crippen LogP contribution in [0.25, 0.3) is 0 Å². The lowest BCUT2D eigenvalue weighted by molar-refractivity contribution is 0.0906. The van der Waals surface area contributed by atoms with Gasteiger partial charge in [0.05, 0.1) is 5.02 Å².